The van der Waals surface area contributed by atoms with Crippen molar-refractivity contribution in [2.45, 2.75) is 13.3 Å². The third-order valence-corrected chi connectivity index (χ3v) is 2.46. The predicted octanol–water partition coefficient (Wildman–Crippen LogP) is 2.59. The van der Waals surface area contributed by atoms with Crippen LogP contribution in [0.1, 0.15) is 6.92 Å². The van der Waals surface area contributed by atoms with Gasteiger partial charge in [0.25, 0.3) is 0 Å². The second-order valence-electron chi connectivity index (χ2n) is 3.03. The molecule has 0 aliphatic heterocycles. The summed E-state index contributed by atoms with van der Waals surface area (Å²) in [5.41, 5.74) is -0.448. The van der Waals surface area contributed by atoms with Crippen LogP contribution in [0, 0.1) is 10.1 Å². The number of rotatable bonds is 5. The van der Waals surface area contributed by atoms with Crippen molar-refractivity contribution in [3.05, 3.63) is 32.8 Å². The maximum atomic E-state index is 13.4. The van der Waals surface area contributed by atoms with Gasteiger partial charge in [-0.25, -0.2) is 4.79 Å². The molecule has 0 spiro atoms. The molecule has 0 N–H and O–H groups in total. The summed E-state index contributed by atoms with van der Waals surface area (Å²) in [5, 5.41) is 10.7. The maximum absolute atomic E-state index is 13.4. The van der Waals surface area contributed by atoms with Crippen LogP contribution in [0.15, 0.2) is 22.7 Å². The van der Waals surface area contributed by atoms with E-state index < -0.39 is 22.9 Å². The van der Waals surface area contributed by atoms with Gasteiger partial charge in [-0.2, -0.15) is 4.39 Å². The summed E-state index contributed by atoms with van der Waals surface area (Å²) in [7, 11) is 0. The van der Waals surface area contributed by atoms with E-state index in [2.05, 4.69) is 25.4 Å². The van der Waals surface area contributed by atoms with Crippen LogP contribution in [0.25, 0.3) is 0 Å². The molecule has 0 radical (unpaired) electrons. The largest absolute Gasteiger partial charge is 0.461 e. The van der Waals surface area contributed by atoms with E-state index in [0.29, 0.717) is 0 Å². The van der Waals surface area contributed by atoms with E-state index in [0.717, 1.165) is 6.07 Å². The number of benzene rings is 1. The van der Waals surface area contributed by atoms with Gasteiger partial charge in [0.05, 0.1) is 16.0 Å². The Hall–Kier alpha value is -1.70. The zero-order valence-corrected chi connectivity index (χ0v) is 10.8. The van der Waals surface area contributed by atoms with E-state index in [9.17, 15) is 19.3 Å². The predicted molar refractivity (Wildman–Crippen MR) is 63.0 cm³/mol. The van der Waals surface area contributed by atoms with Crippen molar-refractivity contribution in [3.63, 3.8) is 0 Å². The highest BCUT2D eigenvalue weighted by Gasteiger charge is 2.26. The third-order valence-electron chi connectivity index (χ3n) is 1.84. The molecule has 18 heavy (non-hydrogen) atoms. The first-order valence-corrected chi connectivity index (χ1v) is 5.67. The third kappa shape index (κ3) is 3.39. The molecule has 0 saturated carbocycles. The molecule has 1 rings (SSSR count). The zero-order chi connectivity index (χ0) is 13.7. The molecule has 0 aromatic heterocycles. The van der Waals surface area contributed by atoms with Gasteiger partial charge in [0.2, 0.25) is 5.75 Å². The Morgan fingerprint density at radius 3 is 2.83 bits per heavy atom. The van der Waals surface area contributed by atoms with Crippen LogP contribution >= 0.6 is 15.9 Å². The summed E-state index contributed by atoms with van der Waals surface area (Å²) in [6.07, 6.45) is -2.41. The van der Waals surface area contributed by atoms with Gasteiger partial charge in [-0.1, -0.05) is 6.07 Å². The summed E-state index contributed by atoms with van der Waals surface area (Å²) in [6, 6.07) is 3.96. The Kier molecular flexibility index (Phi) is 5.02. The number of nitro groups is 1. The zero-order valence-electron chi connectivity index (χ0n) is 9.26. The van der Waals surface area contributed by atoms with Gasteiger partial charge in [-0.05, 0) is 28.9 Å². The lowest BCUT2D eigenvalue weighted by atomic mass is 10.3. The molecule has 0 heterocycles. The molecule has 1 unspecified atom stereocenters. The first-order valence-electron chi connectivity index (χ1n) is 4.87. The summed E-state index contributed by atoms with van der Waals surface area (Å²) < 4.78 is 22.5. The van der Waals surface area contributed by atoms with Crippen LogP contribution < -0.4 is 4.74 Å². The second kappa shape index (κ2) is 6.29. The molecule has 0 aliphatic carbocycles. The summed E-state index contributed by atoms with van der Waals surface area (Å²) in [5.74, 6) is -1.59. The van der Waals surface area contributed by atoms with Gasteiger partial charge in [0.15, 0.2) is 0 Å². The molecule has 0 bridgehead atoms. The molecule has 0 fully saturated rings. The van der Waals surface area contributed by atoms with Crippen LogP contribution in [-0.2, 0) is 9.53 Å². The van der Waals surface area contributed by atoms with Crippen LogP contribution in [0.2, 0.25) is 0 Å². The van der Waals surface area contributed by atoms with Crippen molar-refractivity contribution in [3.8, 4) is 5.75 Å². The summed E-state index contributed by atoms with van der Waals surface area (Å²) in [4.78, 5) is 21.0. The first kappa shape index (κ1) is 14.4. The Morgan fingerprint density at radius 1 is 1.61 bits per heavy atom. The molecule has 1 aromatic carbocycles. The average molecular weight is 322 g/mol. The Bertz CT molecular complexity index is 468. The topological polar surface area (TPSA) is 78.7 Å². The van der Waals surface area contributed by atoms with Crippen molar-refractivity contribution >= 4 is 27.6 Å². The number of carbonyl (C=O) groups excluding carboxylic acids is 1. The molecular formula is C10H9BrFNO5. The highest BCUT2D eigenvalue weighted by Crippen LogP contribution is 2.35. The van der Waals surface area contributed by atoms with E-state index in [-0.39, 0.29) is 16.8 Å². The van der Waals surface area contributed by atoms with Gasteiger partial charge in [-0.3, -0.25) is 10.1 Å². The minimum Gasteiger partial charge on any atom is -0.461 e. The lowest BCUT2D eigenvalue weighted by molar-refractivity contribution is -0.386. The number of alkyl halides is 1. The standard InChI is InChI=1S/C10H9BrFNO5/c1-2-17-10(14)9(12)18-8-6(11)4-3-5-7(8)13(15)16/h3-5,9H,2H2,1H3. The maximum Gasteiger partial charge on any atom is 0.381 e. The number of nitro benzene ring substituents is 1. The number of ether oxygens (including phenoxy) is 2. The van der Waals surface area contributed by atoms with E-state index in [1.54, 1.807) is 0 Å². The fraction of sp³-hybridized carbons (Fsp3) is 0.300. The highest BCUT2D eigenvalue weighted by atomic mass is 79.9. The van der Waals surface area contributed by atoms with Gasteiger partial charge in [0.1, 0.15) is 0 Å². The molecule has 8 heteroatoms. The SMILES string of the molecule is CCOC(=O)C(F)Oc1c(Br)cccc1[N+](=O)[O-]. The highest BCUT2D eigenvalue weighted by molar-refractivity contribution is 9.10. The molecule has 0 saturated heterocycles. The van der Waals surface area contributed by atoms with E-state index in [1.807, 2.05) is 0 Å². The van der Waals surface area contributed by atoms with Crippen molar-refractivity contribution in [1.29, 1.82) is 0 Å². The molecule has 1 atom stereocenters. The number of hydrogen-bond donors (Lipinski definition) is 0. The molecular weight excluding hydrogens is 313 g/mol. The Morgan fingerprint density at radius 2 is 2.28 bits per heavy atom. The Labute approximate surface area is 110 Å². The smallest absolute Gasteiger partial charge is 0.381 e. The Balaban J connectivity index is 2.96. The van der Waals surface area contributed by atoms with Gasteiger partial charge >= 0.3 is 18.0 Å². The van der Waals surface area contributed by atoms with Crippen LogP contribution in [0.5, 0.6) is 5.75 Å². The quantitative estimate of drug-likeness (QED) is 0.473. The van der Waals surface area contributed by atoms with Crippen LogP contribution in [0.3, 0.4) is 0 Å². The van der Waals surface area contributed by atoms with E-state index in [4.69, 9.17) is 0 Å². The minimum absolute atomic E-state index is 0.0132. The van der Waals surface area contributed by atoms with E-state index in [1.165, 1.54) is 19.1 Å². The van der Waals surface area contributed by atoms with Crippen LogP contribution in [-0.4, -0.2) is 23.9 Å². The molecule has 6 nitrogen and oxygen atoms in total. The lowest BCUT2D eigenvalue weighted by Crippen LogP contribution is -2.25. The minimum atomic E-state index is -2.41. The van der Waals surface area contributed by atoms with E-state index >= 15 is 0 Å². The first-order chi connectivity index (χ1) is 8.47. The molecule has 1 aromatic rings. The van der Waals surface area contributed by atoms with Gasteiger partial charge < -0.3 is 9.47 Å². The summed E-state index contributed by atoms with van der Waals surface area (Å²) >= 11 is 2.98. The fourth-order valence-corrected chi connectivity index (χ4v) is 1.57. The monoisotopic (exact) mass is 321 g/mol. The molecule has 0 amide bonds. The number of carbonyl (C=O) groups is 1. The number of para-hydroxylation sites is 1. The lowest BCUT2D eigenvalue weighted by Gasteiger charge is -2.11. The second-order valence-corrected chi connectivity index (χ2v) is 3.89. The number of esters is 1. The average Bonchev–Trinajstić information content (AvgIpc) is 2.31. The number of hydrogen-bond acceptors (Lipinski definition) is 5. The van der Waals surface area contributed by atoms with Gasteiger partial charge in [-0.15, -0.1) is 0 Å². The molecule has 98 valence electrons. The van der Waals surface area contributed by atoms with Crippen molar-refractivity contribution in [2.24, 2.45) is 0 Å². The fourth-order valence-electron chi connectivity index (χ4n) is 1.12. The van der Waals surface area contributed by atoms with Crippen molar-refractivity contribution in [2.75, 3.05) is 6.61 Å². The number of nitrogens with zero attached hydrogens (tertiary/aromatic N) is 1. The summed E-state index contributed by atoms with van der Waals surface area (Å²) in [6.45, 7) is 1.49. The number of halogens is 2. The van der Waals surface area contributed by atoms with Crippen molar-refractivity contribution in [1.82, 2.24) is 0 Å². The van der Waals surface area contributed by atoms with Gasteiger partial charge in [0, 0.05) is 6.07 Å². The normalized spacial score (nSPS) is 11.7. The van der Waals surface area contributed by atoms with Crippen LogP contribution in [0.4, 0.5) is 10.1 Å². The molecule has 0 aliphatic rings. The van der Waals surface area contributed by atoms with Crippen molar-refractivity contribution < 1.29 is 23.6 Å².